The van der Waals surface area contributed by atoms with Crippen molar-refractivity contribution in [3.8, 4) is 0 Å². The minimum Gasteiger partial charge on any atom is -0.459 e. The number of para-hydroxylation sites is 1. The summed E-state index contributed by atoms with van der Waals surface area (Å²) in [7, 11) is 1.75. The molecule has 1 amide bonds. The summed E-state index contributed by atoms with van der Waals surface area (Å²) in [6.45, 7) is 4.18. The average molecular weight is 358 g/mol. The predicted octanol–water partition coefficient (Wildman–Crippen LogP) is 2.72. The Hall–Kier alpha value is -2.70. The zero-order valence-electron chi connectivity index (χ0n) is 15.3. The molecule has 140 valence electrons. The molecule has 0 saturated carbocycles. The molecule has 26 heavy (non-hydrogen) atoms. The van der Waals surface area contributed by atoms with E-state index in [0.717, 1.165) is 35.5 Å². The van der Waals surface area contributed by atoms with Crippen molar-refractivity contribution in [2.75, 3.05) is 26.7 Å². The standard InChI is InChI=1S/C19H26N4O3/c1-3-25-19(24)23-10-8-15(9-11-23)22-18(20-2)21-13-16-12-14-6-4-5-7-17(14)26-16/h4-7,12,15H,3,8-11,13H2,1-2H3,(H2,20,21,22). The highest BCUT2D eigenvalue weighted by molar-refractivity contribution is 5.80. The third kappa shape index (κ3) is 4.47. The normalized spacial score (nSPS) is 15.9. The van der Waals surface area contributed by atoms with Crippen LogP contribution in [-0.2, 0) is 11.3 Å². The van der Waals surface area contributed by atoms with E-state index in [0.29, 0.717) is 26.2 Å². The van der Waals surface area contributed by atoms with E-state index in [1.165, 1.54) is 0 Å². The van der Waals surface area contributed by atoms with Crippen LogP contribution in [0.1, 0.15) is 25.5 Å². The molecule has 7 nitrogen and oxygen atoms in total. The number of nitrogens with zero attached hydrogens (tertiary/aromatic N) is 2. The van der Waals surface area contributed by atoms with Crippen LogP contribution in [0.25, 0.3) is 11.0 Å². The minimum atomic E-state index is -0.224. The van der Waals surface area contributed by atoms with Crippen LogP contribution in [0.3, 0.4) is 0 Å². The lowest BCUT2D eigenvalue weighted by molar-refractivity contribution is 0.0963. The third-order valence-electron chi connectivity index (χ3n) is 4.49. The first-order valence-corrected chi connectivity index (χ1v) is 9.06. The van der Waals surface area contributed by atoms with Gasteiger partial charge >= 0.3 is 6.09 Å². The van der Waals surface area contributed by atoms with E-state index in [2.05, 4.69) is 15.6 Å². The summed E-state index contributed by atoms with van der Waals surface area (Å²) in [5.41, 5.74) is 0.888. The number of benzene rings is 1. The Kier molecular flexibility index (Phi) is 5.99. The highest BCUT2D eigenvalue weighted by atomic mass is 16.6. The number of carbonyl (C=O) groups excluding carboxylic acids is 1. The van der Waals surface area contributed by atoms with Crippen molar-refractivity contribution in [1.29, 1.82) is 0 Å². The first-order valence-electron chi connectivity index (χ1n) is 9.06. The molecule has 1 aromatic heterocycles. The number of likely N-dealkylation sites (tertiary alicyclic amines) is 1. The maximum atomic E-state index is 11.8. The summed E-state index contributed by atoms with van der Waals surface area (Å²) in [5, 5.41) is 7.80. The molecule has 2 N–H and O–H groups in total. The summed E-state index contributed by atoms with van der Waals surface area (Å²) in [5.74, 6) is 1.60. The number of guanidine groups is 1. The molecule has 0 atom stereocenters. The highest BCUT2D eigenvalue weighted by Gasteiger charge is 2.24. The van der Waals surface area contributed by atoms with Crippen molar-refractivity contribution in [1.82, 2.24) is 15.5 Å². The van der Waals surface area contributed by atoms with Crippen molar-refractivity contribution in [2.45, 2.75) is 32.4 Å². The molecule has 0 aliphatic carbocycles. The van der Waals surface area contributed by atoms with Crippen molar-refractivity contribution in [2.24, 2.45) is 4.99 Å². The van der Waals surface area contributed by atoms with Gasteiger partial charge in [0.1, 0.15) is 11.3 Å². The smallest absolute Gasteiger partial charge is 0.409 e. The van der Waals surface area contributed by atoms with Gasteiger partial charge in [-0.1, -0.05) is 18.2 Å². The number of hydrogen-bond acceptors (Lipinski definition) is 4. The van der Waals surface area contributed by atoms with Gasteiger partial charge in [-0.3, -0.25) is 4.99 Å². The van der Waals surface area contributed by atoms with Gasteiger partial charge in [-0.25, -0.2) is 4.79 Å². The number of carbonyl (C=O) groups is 1. The molecule has 1 saturated heterocycles. The van der Waals surface area contributed by atoms with Gasteiger partial charge in [-0.05, 0) is 31.9 Å². The van der Waals surface area contributed by atoms with Crippen LogP contribution in [-0.4, -0.2) is 49.7 Å². The van der Waals surface area contributed by atoms with Gasteiger partial charge in [0.2, 0.25) is 0 Å². The Morgan fingerprint density at radius 2 is 2.12 bits per heavy atom. The summed E-state index contributed by atoms with van der Waals surface area (Å²) < 4.78 is 10.9. The van der Waals surface area contributed by atoms with Crippen LogP contribution in [0, 0.1) is 0 Å². The van der Waals surface area contributed by atoms with Gasteiger partial charge in [-0.2, -0.15) is 0 Å². The van der Waals surface area contributed by atoms with Crippen LogP contribution in [0.4, 0.5) is 4.79 Å². The number of furan rings is 1. The molecule has 0 spiro atoms. The van der Waals surface area contributed by atoms with Gasteiger partial charge in [0.25, 0.3) is 0 Å². The van der Waals surface area contributed by atoms with Crippen LogP contribution >= 0.6 is 0 Å². The van der Waals surface area contributed by atoms with E-state index in [1.54, 1.807) is 11.9 Å². The van der Waals surface area contributed by atoms with Crippen LogP contribution in [0.5, 0.6) is 0 Å². The SMILES string of the molecule is CCOC(=O)N1CCC(NC(=NC)NCc2cc3ccccc3o2)CC1. The number of hydrogen-bond donors (Lipinski definition) is 2. The minimum absolute atomic E-state index is 0.224. The zero-order chi connectivity index (χ0) is 18.4. The quantitative estimate of drug-likeness (QED) is 0.649. The van der Waals surface area contributed by atoms with Gasteiger partial charge in [0.05, 0.1) is 13.2 Å². The Morgan fingerprint density at radius 3 is 2.81 bits per heavy atom. The van der Waals surface area contributed by atoms with Crippen LogP contribution in [0.15, 0.2) is 39.7 Å². The lowest BCUT2D eigenvalue weighted by atomic mass is 10.1. The lowest BCUT2D eigenvalue weighted by Crippen LogP contribution is -2.49. The largest absolute Gasteiger partial charge is 0.459 e. The number of ether oxygens (including phenoxy) is 1. The predicted molar refractivity (Wildman–Crippen MR) is 101 cm³/mol. The first-order chi connectivity index (χ1) is 12.7. The molecule has 0 bridgehead atoms. The molecule has 7 heteroatoms. The molecule has 1 fully saturated rings. The number of nitrogens with one attached hydrogen (secondary N) is 2. The molecular formula is C19H26N4O3. The van der Waals surface area contributed by atoms with Gasteiger partial charge in [-0.15, -0.1) is 0 Å². The number of rotatable bonds is 4. The lowest BCUT2D eigenvalue weighted by Gasteiger charge is -2.32. The van der Waals surface area contributed by atoms with E-state index >= 15 is 0 Å². The summed E-state index contributed by atoms with van der Waals surface area (Å²) in [6.07, 6.45) is 1.51. The van der Waals surface area contributed by atoms with Crippen molar-refractivity contribution in [3.05, 3.63) is 36.1 Å². The van der Waals surface area contributed by atoms with Gasteiger partial charge in [0, 0.05) is 31.6 Å². The monoisotopic (exact) mass is 358 g/mol. The van der Waals surface area contributed by atoms with Crippen molar-refractivity contribution >= 4 is 23.0 Å². The maximum Gasteiger partial charge on any atom is 0.409 e. The van der Waals surface area contributed by atoms with E-state index < -0.39 is 0 Å². The molecule has 2 heterocycles. The van der Waals surface area contributed by atoms with Crippen LogP contribution < -0.4 is 10.6 Å². The second kappa shape index (κ2) is 8.60. The second-order valence-corrected chi connectivity index (χ2v) is 6.28. The molecule has 1 aromatic carbocycles. The highest BCUT2D eigenvalue weighted by Crippen LogP contribution is 2.18. The number of aliphatic imine (C=N–C) groups is 1. The molecule has 0 unspecified atom stereocenters. The molecular weight excluding hydrogens is 332 g/mol. The molecule has 3 rings (SSSR count). The molecule has 0 radical (unpaired) electrons. The molecule has 2 aromatic rings. The summed E-state index contributed by atoms with van der Waals surface area (Å²) >= 11 is 0. The van der Waals surface area contributed by atoms with E-state index in [-0.39, 0.29) is 12.1 Å². The number of piperidine rings is 1. The van der Waals surface area contributed by atoms with Crippen LogP contribution in [0.2, 0.25) is 0 Å². The fraction of sp³-hybridized carbons (Fsp3) is 0.474. The van der Waals surface area contributed by atoms with E-state index in [9.17, 15) is 4.79 Å². The maximum absolute atomic E-state index is 11.8. The summed E-state index contributed by atoms with van der Waals surface area (Å²) in [4.78, 5) is 17.8. The Morgan fingerprint density at radius 1 is 1.35 bits per heavy atom. The fourth-order valence-electron chi connectivity index (χ4n) is 3.10. The van der Waals surface area contributed by atoms with E-state index in [1.807, 2.05) is 37.3 Å². The Bertz CT molecular complexity index is 730. The topological polar surface area (TPSA) is 79.1 Å². The Balaban J connectivity index is 1.47. The second-order valence-electron chi connectivity index (χ2n) is 6.28. The molecule has 1 aliphatic heterocycles. The van der Waals surface area contributed by atoms with Crippen molar-refractivity contribution in [3.63, 3.8) is 0 Å². The summed E-state index contributed by atoms with van der Waals surface area (Å²) in [6, 6.07) is 10.3. The zero-order valence-corrected chi connectivity index (χ0v) is 15.3. The van der Waals surface area contributed by atoms with E-state index in [4.69, 9.17) is 9.15 Å². The van der Waals surface area contributed by atoms with Gasteiger partial charge < -0.3 is 24.7 Å². The number of amides is 1. The third-order valence-corrected chi connectivity index (χ3v) is 4.49. The number of fused-ring (bicyclic) bond motifs is 1. The van der Waals surface area contributed by atoms with Gasteiger partial charge in [0.15, 0.2) is 5.96 Å². The first kappa shape index (κ1) is 18.1. The average Bonchev–Trinajstić information content (AvgIpc) is 3.08. The van der Waals surface area contributed by atoms with Crippen molar-refractivity contribution < 1.29 is 13.9 Å². The fourth-order valence-corrected chi connectivity index (χ4v) is 3.10. The molecule has 1 aliphatic rings. The Labute approximate surface area is 153 Å².